The Kier molecular flexibility index (Phi) is 10.9. The van der Waals surface area contributed by atoms with Gasteiger partial charge < -0.3 is 8.85 Å². The highest BCUT2D eigenvalue weighted by molar-refractivity contribution is 7.85. The Morgan fingerprint density at radius 2 is 1.45 bits per heavy atom. The third kappa shape index (κ3) is 8.00. The predicted molar refractivity (Wildman–Crippen MR) is 108 cm³/mol. The summed E-state index contributed by atoms with van der Waals surface area (Å²) in [7, 11) is -2.23. The minimum absolute atomic E-state index is 0.0340. The standard InChI is InChI=1S/C17H40O2SSi2/c1-9-11-18-22(19-12-10-2)17(20,13-14(3)4)21-16(7,8)15(5)6/h14-15,20,22H,9-13,21H2,1-8H3/t17-/m0/s1. The molecule has 0 spiro atoms. The Morgan fingerprint density at radius 3 is 1.77 bits per heavy atom. The van der Waals surface area contributed by atoms with Crippen molar-refractivity contribution in [3.05, 3.63) is 0 Å². The fraction of sp³-hybridized carbons (Fsp3) is 1.00. The maximum Gasteiger partial charge on any atom is 0.334 e. The maximum absolute atomic E-state index is 6.26. The predicted octanol–water partition coefficient (Wildman–Crippen LogP) is 4.29. The summed E-state index contributed by atoms with van der Waals surface area (Å²) in [6.45, 7) is 20.1. The lowest BCUT2D eigenvalue weighted by molar-refractivity contribution is 0.188. The normalized spacial score (nSPS) is 16.4. The van der Waals surface area contributed by atoms with Crippen molar-refractivity contribution in [3.8, 4) is 0 Å². The second kappa shape index (κ2) is 10.5. The average molecular weight is 365 g/mol. The first-order chi connectivity index (χ1) is 10.1. The molecule has 0 radical (unpaired) electrons. The number of thiol groups is 1. The molecule has 5 heteroatoms. The van der Waals surface area contributed by atoms with Crippen molar-refractivity contribution in [3.63, 3.8) is 0 Å². The van der Waals surface area contributed by atoms with E-state index in [9.17, 15) is 0 Å². The van der Waals surface area contributed by atoms with Crippen molar-refractivity contribution >= 4 is 31.4 Å². The quantitative estimate of drug-likeness (QED) is 0.411. The summed E-state index contributed by atoms with van der Waals surface area (Å²) in [5.74, 6) is 1.32. The SMILES string of the molecule is CCCO[SiH](OCCC)[C@](S)(CC(C)C)[SiH2]C(C)(C)C(C)C. The monoisotopic (exact) mass is 364 g/mol. The highest BCUT2D eigenvalue weighted by atomic mass is 32.1. The van der Waals surface area contributed by atoms with Gasteiger partial charge in [-0.15, -0.1) is 0 Å². The third-order valence-electron chi connectivity index (χ3n) is 4.47. The van der Waals surface area contributed by atoms with E-state index < -0.39 is 18.8 Å². The van der Waals surface area contributed by atoms with Crippen LogP contribution in [0.1, 0.15) is 74.7 Å². The summed E-state index contributed by atoms with van der Waals surface area (Å²) in [4.78, 5) is 0. The maximum atomic E-state index is 6.26. The second-order valence-corrected chi connectivity index (χ2v) is 16.8. The smallest absolute Gasteiger partial charge is 0.334 e. The van der Waals surface area contributed by atoms with E-state index >= 15 is 0 Å². The van der Waals surface area contributed by atoms with Crippen LogP contribution in [-0.4, -0.2) is 36.0 Å². The topological polar surface area (TPSA) is 18.5 Å². The van der Waals surface area contributed by atoms with Gasteiger partial charge in [-0.25, -0.2) is 0 Å². The van der Waals surface area contributed by atoms with Gasteiger partial charge in [0.25, 0.3) is 0 Å². The van der Waals surface area contributed by atoms with Crippen LogP contribution in [0.25, 0.3) is 0 Å². The van der Waals surface area contributed by atoms with Crippen LogP contribution >= 0.6 is 12.6 Å². The lowest BCUT2D eigenvalue weighted by atomic mass is 9.99. The highest BCUT2D eigenvalue weighted by Crippen LogP contribution is 2.41. The molecular formula is C17H40O2SSi2. The summed E-state index contributed by atoms with van der Waals surface area (Å²) in [6, 6.07) is 0. The van der Waals surface area contributed by atoms with Crippen molar-refractivity contribution in [1.82, 2.24) is 0 Å². The van der Waals surface area contributed by atoms with Gasteiger partial charge in [0.15, 0.2) is 0 Å². The lowest BCUT2D eigenvalue weighted by Crippen LogP contribution is -2.54. The summed E-state index contributed by atoms with van der Waals surface area (Å²) < 4.78 is 12.6. The van der Waals surface area contributed by atoms with E-state index in [1.807, 2.05) is 0 Å². The summed E-state index contributed by atoms with van der Waals surface area (Å²) in [5, 5.41) is 0.382. The number of rotatable bonds is 12. The molecule has 0 aliphatic heterocycles. The van der Waals surface area contributed by atoms with Gasteiger partial charge in [-0.3, -0.25) is 0 Å². The molecule has 1 atom stereocenters. The van der Waals surface area contributed by atoms with Gasteiger partial charge >= 0.3 is 9.28 Å². The molecule has 0 aromatic rings. The Labute approximate surface area is 149 Å². The van der Waals surface area contributed by atoms with Crippen LogP contribution in [0.5, 0.6) is 0 Å². The largest absolute Gasteiger partial charge is 0.396 e. The lowest BCUT2D eigenvalue weighted by Gasteiger charge is -2.42. The zero-order valence-electron chi connectivity index (χ0n) is 16.2. The molecule has 0 saturated heterocycles. The van der Waals surface area contributed by atoms with E-state index in [4.69, 9.17) is 21.5 Å². The van der Waals surface area contributed by atoms with Crippen LogP contribution in [0.3, 0.4) is 0 Å². The van der Waals surface area contributed by atoms with Crippen LogP contribution in [0, 0.1) is 11.8 Å². The summed E-state index contributed by atoms with van der Waals surface area (Å²) in [5.41, 5.74) is 0. The summed E-state index contributed by atoms with van der Waals surface area (Å²) >= 11 is 5.26. The van der Waals surface area contributed by atoms with Gasteiger partial charge in [0.05, 0.1) is 0 Å². The molecule has 0 aromatic heterocycles. The van der Waals surface area contributed by atoms with Gasteiger partial charge in [0.2, 0.25) is 0 Å². The molecule has 0 heterocycles. The van der Waals surface area contributed by atoms with Gasteiger partial charge in [-0.2, -0.15) is 12.6 Å². The minimum atomic E-state index is -1.77. The molecule has 0 aromatic carbocycles. The Morgan fingerprint density at radius 1 is 1.00 bits per heavy atom. The van der Waals surface area contributed by atoms with Crippen LogP contribution in [-0.2, 0) is 8.85 Å². The van der Waals surface area contributed by atoms with E-state index in [1.54, 1.807) is 0 Å². The molecule has 0 rings (SSSR count). The first-order valence-electron chi connectivity index (χ1n) is 9.04. The van der Waals surface area contributed by atoms with Gasteiger partial charge in [0, 0.05) is 26.7 Å². The zero-order valence-corrected chi connectivity index (χ0v) is 19.7. The highest BCUT2D eigenvalue weighted by Gasteiger charge is 2.45. The fourth-order valence-electron chi connectivity index (χ4n) is 2.76. The van der Waals surface area contributed by atoms with Crippen molar-refractivity contribution < 1.29 is 8.85 Å². The molecule has 22 heavy (non-hydrogen) atoms. The molecule has 0 saturated carbocycles. The molecule has 0 unspecified atom stereocenters. The minimum Gasteiger partial charge on any atom is -0.396 e. The first-order valence-corrected chi connectivity index (χ1v) is 12.4. The van der Waals surface area contributed by atoms with Gasteiger partial charge in [0.1, 0.15) is 0 Å². The zero-order chi connectivity index (χ0) is 17.4. The number of hydrogen-bond donors (Lipinski definition) is 1. The molecule has 0 bridgehead atoms. The van der Waals surface area contributed by atoms with Crippen LogP contribution < -0.4 is 0 Å². The Bertz CT molecular complexity index is 290. The molecule has 0 aliphatic carbocycles. The van der Waals surface area contributed by atoms with Crippen LogP contribution in [0.4, 0.5) is 0 Å². The van der Waals surface area contributed by atoms with Crippen molar-refractivity contribution in [1.29, 1.82) is 0 Å². The Hall–Kier alpha value is 0.704. The fourth-order valence-corrected chi connectivity index (χ4v) is 12.7. The van der Waals surface area contributed by atoms with E-state index in [0.29, 0.717) is 16.9 Å². The van der Waals surface area contributed by atoms with Crippen LogP contribution in [0.15, 0.2) is 0 Å². The molecule has 2 nitrogen and oxygen atoms in total. The number of hydrogen-bond acceptors (Lipinski definition) is 3. The van der Waals surface area contributed by atoms with E-state index in [1.165, 1.54) is 0 Å². The Balaban J connectivity index is 5.29. The molecule has 0 fully saturated rings. The van der Waals surface area contributed by atoms with E-state index in [-0.39, 0.29) is 3.99 Å². The van der Waals surface area contributed by atoms with Gasteiger partial charge in [-0.05, 0) is 36.1 Å². The van der Waals surface area contributed by atoms with Crippen LogP contribution in [0.2, 0.25) is 5.04 Å². The molecule has 0 aliphatic rings. The first kappa shape index (κ1) is 22.7. The van der Waals surface area contributed by atoms with Crippen molar-refractivity contribution in [2.24, 2.45) is 11.8 Å². The molecular weight excluding hydrogens is 324 g/mol. The molecule has 0 amide bonds. The molecule has 0 N–H and O–H groups in total. The third-order valence-corrected chi connectivity index (χ3v) is 12.2. The summed E-state index contributed by atoms with van der Waals surface area (Å²) in [6.07, 6.45) is 3.24. The average Bonchev–Trinajstić information content (AvgIpc) is 2.36. The molecule has 134 valence electrons. The van der Waals surface area contributed by atoms with Crippen molar-refractivity contribution in [2.75, 3.05) is 13.2 Å². The van der Waals surface area contributed by atoms with Crippen molar-refractivity contribution in [2.45, 2.75) is 83.7 Å². The van der Waals surface area contributed by atoms with E-state index in [0.717, 1.165) is 32.5 Å². The second-order valence-electron chi connectivity index (χ2n) is 8.10. The van der Waals surface area contributed by atoms with Gasteiger partial charge in [-0.1, -0.05) is 55.4 Å². The van der Waals surface area contributed by atoms with E-state index in [2.05, 4.69) is 55.4 Å².